The highest BCUT2D eigenvalue weighted by atomic mass is 19.1. The van der Waals surface area contributed by atoms with Crippen LogP contribution < -0.4 is 20.7 Å². The van der Waals surface area contributed by atoms with Gasteiger partial charge in [-0.2, -0.15) is 0 Å². The molecular formula is C27H30FN5O3. The van der Waals surface area contributed by atoms with Gasteiger partial charge in [-0.25, -0.2) is 14.4 Å². The second-order valence-electron chi connectivity index (χ2n) is 10.1. The van der Waals surface area contributed by atoms with Crippen LogP contribution in [0.5, 0.6) is 5.88 Å². The largest absolute Gasteiger partial charge is 0.474 e. The molecule has 1 spiro atoms. The van der Waals surface area contributed by atoms with Gasteiger partial charge >= 0.3 is 0 Å². The number of pyridine rings is 2. The maximum absolute atomic E-state index is 15.1. The van der Waals surface area contributed by atoms with Crippen LogP contribution in [-0.4, -0.2) is 54.8 Å². The fourth-order valence-corrected chi connectivity index (χ4v) is 5.69. The van der Waals surface area contributed by atoms with Gasteiger partial charge in [0.05, 0.1) is 6.10 Å². The number of nitrogens with one attached hydrogen (secondary N) is 3. The van der Waals surface area contributed by atoms with Crippen molar-refractivity contribution in [3.63, 3.8) is 0 Å². The number of fused-ring (bicyclic) bond motifs is 2. The van der Waals surface area contributed by atoms with Crippen molar-refractivity contribution in [3.8, 4) is 17.0 Å². The smallest absolute Gasteiger partial charge is 0.251 e. The number of hydrogen-bond donors (Lipinski definition) is 3. The first kappa shape index (κ1) is 23.1. The second-order valence-corrected chi connectivity index (χ2v) is 10.1. The molecule has 2 fully saturated rings. The van der Waals surface area contributed by atoms with Gasteiger partial charge in [0.15, 0.2) is 0 Å². The SMILES string of the molecule is Cc1c(-c2cc3cc(NC(=O)COC4CC5(CCNCC5)C4)ncc3cc2F)cnc2c1NCCO2. The second kappa shape index (κ2) is 9.29. The summed E-state index contributed by atoms with van der Waals surface area (Å²) in [5, 5.41) is 10.9. The van der Waals surface area contributed by atoms with Crippen molar-refractivity contribution in [1.82, 2.24) is 15.3 Å². The molecule has 6 rings (SSSR count). The Kier molecular flexibility index (Phi) is 5.97. The Morgan fingerprint density at radius 1 is 1.14 bits per heavy atom. The lowest BCUT2D eigenvalue weighted by molar-refractivity contribution is -0.132. The molecule has 2 aromatic heterocycles. The number of benzene rings is 1. The van der Waals surface area contributed by atoms with Gasteiger partial charge in [0.1, 0.15) is 30.5 Å². The van der Waals surface area contributed by atoms with Crippen LogP contribution in [0.1, 0.15) is 31.2 Å². The van der Waals surface area contributed by atoms with Gasteiger partial charge in [-0.15, -0.1) is 0 Å². The number of piperidine rings is 1. The standard InChI is InChI=1S/C27H30FN5O3/c1-16-21(14-32-26-25(16)30-6-7-35-26)20-8-17-10-23(31-13-18(17)9-22(20)28)33-24(34)15-36-19-11-27(12-19)2-4-29-5-3-27/h8-10,13-14,19,29-30H,2-7,11-12,15H2,1H3,(H,31,33,34). The van der Waals surface area contributed by atoms with Gasteiger partial charge in [-0.3, -0.25) is 4.79 Å². The van der Waals surface area contributed by atoms with Gasteiger partial charge in [-0.05, 0) is 80.3 Å². The Labute approximate surface area is 209 Å². The highest BCUT2D eigenvalue weighted by molar-refractivity contribution is 5.95. The Balaban J connectivity index is 1.15. The number of nitrogens with zero attached hydrogens (tertiary/aromatic N) is 2. The fourth-order valence-electron chi connectivity index (χ4n) is 5.69. The third kappa shape index (κ3) is 4.37. The van der Waals surface area contributed by atoms with Crippen LogP contribution in [0.15, 0.2) is 30.6 Å². The van der Waals surface area contributed by atoms with Crippen molar-refractivity contribution in [3.05, 3.63) is 42.0 Å². The number of ether oxygens (including phenoxy) is 2. The van der Waals surface area contributed by atoms with Crippen LogP contribution in [0.25, 0.3) is 21.9 Å². The average molecular weight is 492 g/mol. The van der Waals surface area contributed by atoms with Crippen LogP contribution in [-0.2, 0) is 9.53 Å². The normalized spacial score (nSPS) is 18.7. The molecule has 8 nitrogen and oxygen atoms in total. The number of carbonyl (C=O) groups is 1. The lowest BCUT2D eigenvalue weighted by Gasteiger charge is -2.49. The summed E-state index contributed by atoms with van der Waals surface area (Å²) in [6.07, 6.45) is 7.80. The zero-order valence-corrected chi connectivity index (χ0v) is 20.3. The van der Waals surface area contributed by atoms with E-state index in [1.165, 1.54) is 18.9 Å². The van der Waals surface area contributed by atoms with E-state index in [1.54, 1.807) is 24.5 Å². The number of anilines is 2. The molecule has 0 radical (unpaired) electrons. The summed E-state index contributed by atoms with van der Waals surface area (Å²) < 4.78 is 26.5. The zero-order chi connectivity index (χ0) is 24.7. The van der Waals surface area contributed by atoms with Crippen molar-refractivity contribution in [1.29, 1.82) is 0 Å². The number of rotatable bonds is 5. The lowest BCUT2D eigenvalue weighted by Crippen LogP contribution is -2.49. The van der Waals surface area contributed by atoms with Gasteiger partial charge < -0.3 is 25.4 Å². The van der Waals surface area contributed by atoms with E-state index in [0.717, 1.165) is 42.6 Å². The summed E-state index contributed by atoms with van der Waals surface area (Å²) in [6, 6.07) is 4.99. The van der Waals surface area contributed by atoms with E-state index in [4.69, 9.17) is 9.47 Å². The molecule has 3 aliphatic rings. The number of amides is 1. The minimum Gasteiger partial charge on any atom is -0.474 e. The zero-order valence-electron chi connectivity index (χ0n) is 20.3. The van der Waals surface area contributed by atoms with Crippen LogP contribution in [0.3, 0.4) is 0 Å². The molecule has 3 aromatic rings. The summed E-state index contributed by atoms with van der Waals surface area (Å²) in [6.45, 7) is 5.29. The maximum Gasteiger partial charge on any atom is 0.251 e. The summed E-state index contributed by atoms with van der Waals surface area (Å²) in [5.74, 6) is 0.347. The van der Waals surface area contributed by atoms with Crippen molar-refractivity contribution in [2.24, 2.45) is 5.41 Å². The predicted octanol–water partition coefficient (Wildman–Crippen LogP) is 4.04. The van der Waals surface area contributed by atoms with E-state index in [-0.39, 0.29) is 24.4 Å². The number of halogens is 1. The molecule has 188 valence electrons. The number of carbonyl (C=O) groups excluding carboxylic acids is 1. The quantitative estimate of drug-likeness (QED) is 0.496. The molecule has 4 heterocycles. The van der Waals surface area contributed by atoms with Gasteiger partial charge in [0.25, 0.3) is 5.91 Å². The molecule has 36 heavy (non-hydrogen) atoms. The molecule has 9 heteroatoms. The molecule has 3 N–H and O–H groups in total. The van der Waals surface area contributed by atoms with E-state index in [2.05, 4.69) is 25.9 Å². The molecule has 0 unspecified atom stereocenters. The summed E-state index contributed by atoms with van der Waals surface area (Å²) in [5.41, 5.74) is 3.20. The van der Waals surface area contributed by atoms with Crippen LogP contribution >= 0.6 is 0 Å². The molecule has 1 saturated carbocycles. The monoisotopic (exact) mass is 491 g/mol. The molecule has 0 bridgehead atoms. The van der Waals surface area contributed by atoms with E-state index in [1.807, 2.05) is 6.92 Å². The highest BCUT2D eigenvalue weighted by Gasteiger charge is 2.45. The Morgan fingerprint density at radius 3 is 2.81 bits per heavy atom. The third-order valence-corrected chi connectivity index (χ3v) is 7.75. The van der Waals surface area contributed by atoms with E-state index < -0.39 is 0 Å². The summed E-state index contributed by atoms with van der Waals surface area (Å²) >= 11 is 0. The maximum atomic E-state index is 15.1. The van der Waals surface area contributed by atoms with Crippen LogP contribution in [0.4, 0.5) is 15.9 Å². The van der Waals surface area contributed by atoms with Crippen molar-refractivity contribution in [2.75, 3.05) is 43.5 Å². The third-order valence-electron chi connectivity index (χ3n) is 7.75. The first-order valence-electron chi connectivity index (χ1n) is 12.6. The predicted molar refractivity (Wildman–Crippen MR) is 136 cm³/mol. The minimum absolute atomic E-state index is 0.00242. The first-order chi connectivity index (χ1) is 17.5. The van der Waals surface area contributed by atoms with E-state index in [0.29, 0.717) is 46.8 Å². The molecule has 1 amide bonds. The van der Waals surface area contributed by atoms with Crippen molar-refractivity contribution in [2.45, 2.75) is 38.7 Å². The summed E-state index contributed by atoms with van der Waals surface area (Å²) in [4.78, 5) is 21.2. The summed E-state index contributed by atoms with van der Waals surface area (Å²) in [7, 11) is 0. The molecular weight excluding hydrogens is 461 g/mol. The van der Waals surface area contributed by atoms with Crippen molar-refractivity contribution < 1.29 is 18.7 Å². The fraction of sp³-hybridized carbons (Fsp3) is 0.444. The lowest BCUT2D eigenvalue weighted by atomic mass is 9.62. The van der Waals surface area contributed by atoms with Gasteiger partial charge in [0, 0.05) is 35.5 Å². The number of hydrogen-bond acceptors (Lipinski definition) is 7. The first-order valence-corrected chi connectivity index (χ1v) is 12.6. The molecule has 1 aromatic carbocycles. The highest BCUT2D eigenvalue weighted by Crippen LogP contribution is 2.49. The van der Waals surface area contributed by atoms with Gasteiger partial charge in [0.2, 0.25) is 5.88 Å². The van der Waals surface area contributed by atoms with Gasteiger partial charge in [-0.1, -0.05) is 0 Å². The molecule has 0 atom stereocenters. The minimum atomic E-state index is -0.358. The number of aromatic nitrogens is 2. The van der Waals surface area contributed by atoms with Crippen molar-refractivity contribution >= 4 is 28.2 Å². The Hall–Kier alpha value is -3.30. The Bertz CT molecular complexity index is 1320. The topological polar surface area (TPSA) is 97.4 Å². The van der Waals surface area contributed by atoms with Crippen LogP contribution in [0.2, 0.25) is 0 Å². The molecule has 2 aliphatic heterocycles. The average Bonchev–Trinajstić information content (AvgIpc) is 2.87. The Morgan fingerprint density at radius 2 is 1.97 bits per heavy atom. The van der Waals surface area contributed by atoms with E-state index >= 15 is 4.39 Å². The molecule has 1 aliphatic carbocycles. The van der Waals surface area contributed by atoms with E-state index in [9.17, 15) is 4.79 Å². The van der Waals surface area contributed by atoms with Crippen LogP contribution in [0, 0.1) is 18.2 Å². The molecule has 1 saturated heterocycles.